The van der Waals surface area contributed by atoms with Gasteiger partial charge < -0.3 is 15.4 Å². The van der Waals surface area contributed by atoms with Crippen molar-refractivity contribution in [3.05, 3.63) is 11.9 Å². The number of likely N-dealkylation sites (tertiary alicyclic amines) is 1. The van der Waals surface area contributed by atoms with Crippen LogP contribution in [0.4, 0.5) is 5.82 Å². The number of fused-ring (bicyclic) bond motifs is 1. The molecule has 1 aliphatic rings. The molecule has 3 heterocycles. The van der Waals surface area contributed by atoms with Gasteiger partial charge in [0.15, 0.2) is 11.5 Å². The monoisotopic (exact) mass is 332 g/mol. The zero-order valence-corrected chi connectivity index (χ0v) is 14.9. The summed E-state index contributed by atoms with van der Waals surface area (Å²) in [6.45, 7) is 6.47. The van der Waals surface area contributed by atoms with Crippen LogP contribution in [0.25, 0.3) is 5.65 Å². The number of anilines is 1. The van der Waals surface area contributed by atoms with Crippen molar-refractivity contribution >= 4 is 11.5 Å². The maximum absolute atomic E-state index is 6.05. The fourth-order valence-electron chi connectivity index (χ4n) is 3.32. The lowest BCUT2D eigenvalue weighted by Gasteiger charge is -2.28. The smallest absolute Gasteiger partial charge is 0.336 e. The number of hydrogen-bond acceptors (Lipinski definition) is 6. The van der Waals surface area contributed by atoms with Gasteiger partial charge in [-0.2, -0.15) is 4.98 Å². The molecule has 0 spiro atoms. The molecule has 0 amide bonds. The molecule has 1 atom stereocenters. The van der Waals surface area contributed by atoms with Crippen LogP contribution in [0.1, 0.15) is 45.2 Å². The molecule has 2 aromatic heterocycles. The molecule has 7 nitrogen and oxygen atoms in total. The molecule has 7 heteroatoms. The molecule has 0 unspecified atom stereocenters. The Bertz CT molecular complexity index is 677. The molecule has 1 saturated heterocycles. The average Bonchev–Trinajstić information content (AvgIpc) is 2.93. The topological polar surface area (TPSA) is 81.6 Å². The van der Waals surface area contributed by atoms with Crippen molar-refractivity contribution in [1.82, 2.24) is 24.5 Å². The first kappa shape index (κ1) is 17.0. The van der Waals surface area contributed by atoms with Gasteiger partial charge in [-0.05, 0) is 58.7 Å². The predicted octanol–water partition coefficient (Wildman–Crippen LogP) is 2.16. The molecular weight excluding hydrogens is 304 g/mol. The first-order chi connectivity index (χ1) is 11.6. The molecule has 1 aliphatic heterocycles. The minimum atomic E-state index is 0.0766. The molecule has 0 aliphatic carbocycles. The van der Waals surface area contributed by atoms with E-state index in [0.29, 0.717) is 23.4 Å². The normalized spacial score (nSPS) is 18.1. The van der Waals surface area contributed by atoms with Crippen LogP contribution in [-0.4, -0.2) is 50.7 Å². The molecule has 132 valence electrons. The highest BCUT2D eigenvalue weighted by Gasteiger charge is 2.20. The van der Waals surface area contributed by atoms with Crippen molar-refractivity contribution in [2.24, 2.45) is 5.92 Å². The van der Waals surface area contributed by atoms with Crippen molar-refractivity contribution in [2.45, 2.75) is 52.1 Å². The zero-order valence-electron chi connectivity index (χ0n) is 14.9. The van der Waals surface area contributed by atoms with E-state index < -0.39 is 0 Å². The van der Waals surface area contributed by atoms with Crippen LogP contribution >= 0.6 is 0 Å². The lowest BCUT2D eigenvalue weighted by molar-refractivity contribution is 0.189. The number of hydrogen-bond donors (Lipinski definition) is 1. The summed E-state index contributed by atoms with van der Waals surface area (Å²) >= 11 is 0. The summed E-state index contributed by atoms with van der Waals surface area (Å²) in [6.07, 6.45) is 7.36. The number of imidazole rings is 1. The van der Waals surface area contributed by atoms with Gasteiger partial charge in [0.2, 0.25) is 0 Å². The molecule has 3 rings (SSSR count). The molecule has 0 aromatic carbocycles. The Morgan fingerprint density at radius 3 is 2.83 bits per heavy atom. The van der Waals surface area contributed by atoms with Crippen LogP contribution in [0.5, 0.6) is 6.01 Å². The van der Waals surface area contributed by atoms with Crippen LogP contribution < -0.4 is 10.5 Å². The van der Waals surface area contributed by atoms with Gasteiger partial charge in [0.05, 0.1) is 18.0 Å². The second kappa shape index (κ2) is 7.34. The maximum Gasteiger partial charge on any atom is 0.336 e. The minimum Gasteiger partial charge on any atom is -0.459 e. The number of piperidine rings is 1. The first-order valence-electron chi connectivity index (χ1n) is 8.92. The minimum absolute atomic E-state index is 0.0766. The van der Waals surface area contributed by atoms with E-state index in [1.807, 2.05) is 17.6 Å². The number of ether oxygens (including phenoxy) is 1. The van der Waals surface area contributed by atoms with Gasteiger partial charge >= 0.3 is 6.01 Å². The summed E-state index contributed by atoms with van der Waals surface area (Å²) in [6, 6.07) is 0.337. The van der Waals surface area contributed by atoms with Crippen LogP contribution in [-0.2, 0) is 6.42 Å². The summed E-state index contributed by atoms with van der Waals surface area (Å²) in [7, 11) is 2.18. The third kappa shape index (κ3) is 3.77. The third-order valence-corrected chi connectivity index (χ3v) is 4.78. The summed E-state index contributed by atoms with van der Waals surface area (Å²) in [4.78, 5) is 11.0. The molecule has 1 fully saturated rings. The van der Waals surface area contributed by atoms with Gasteiger partial charge in [-0.1, -0.05) is 13.3 Å². The van der Waals surface area contributed by atoms with Crippen LogP contribution in [0.2, 0.25) is 0 Å². The highest BCUT2D eigenvalue weighted by molar-refractivity contribution is 5.59. The van der Waals surface area contributed by atoms with E-state index in [9.17, 15) is 0 Å². The molecule has 24 heavy (non-hydrogen) atoms. The summed E-state index contributed by atoms with van der Waals surface area (Å²) in [5, 5.41) is 4.53. The molecule has 2 aromatic rings. The Morgan fingerprint density at radius 2 is 2.12 bits per heavy atom. The standard InChI is InChI=1S/C17H28N6O/c1-4-5-12(2)24-17-20-15(18)16-19-11-14(23(16)21-17)10-13-6-8-22(3)9-7-13/h11-13H,4-10H2,1-3H3,(H2,18,20,21)/t12-/m0/s1. The van der Waals surface area contributed by atoms with Gasteiger partial charge in [-0.15, -0.1) is 5.10 Å². The zero-order chi connectivity index (χ0) is 17.1. The highest BCUT2D eigenvalue weighted by Crippen LogP contribution is 2.23. The molecule has 2 N–H and O–H groups in total. The predicted molar refractivity (Wildman–Crippen MR) is 94.1 cm³/mol. The third-order valence-electron chi connectivity index (χ3n) is 4.78. The first-order valence-corrected chi connectivity index (χ1v) is 8.92. The van der Waals surface area contributed by atoms with E-state index in [4.69, 9.17) is 10.5 Å². The number of rotatable bonds is 6. The van der Waals surface area contributed by atoms with E-state index >= 15 is 0 Å². The Hall–Kier alpha value is -1.89. The van der Waals surface area contributed by atoms with E-state index in [0.717, 1.165) is 38.0 Å². The van der Waals surface area contributed by atoms with Crippen molar-refractivity contribution in [3.63, 3.8) is 0 Å². The summed E-state index contributed by atoms with van der Waals surface area (Å²) in [5.74, 6) is 1.04. The second-order valence-electron chi connectivity index (χ2n) is 6.93. The van der Waals surface area contributed by atoms with Gasteiger partial charge in [0, 0.05) is 0 Å². The molecule has 0 bridgehead atoms. The Kier molecular flexibility index (Phi) is 5.18. The van der Waals surface area contributed by atoms with Gasteiger partial charge in [0.1, 0.15) is 0 Å². The maximum atomic E-state index is 6.05. The van der Waals surface area contributed by atoms with Crippen LogP contribution in [0.15, 0.2) is 6.20 Å². The van der Waals surface area contributed by atoms with Crippen molar-refractivity contribution < 1.29 is 4.74 Å². The molecule has 0 saturated carbocycles. The summed E-state index contributed by atoms with van der Waals surface area (Å²) in [5.41, 5.74) is 7.75. The number of aromatic nitrogens is 4. The highest BCUT2D eigenvalue weighted by atomic mass is 16.5. The Morgan fingerprint density at radius 1 is 1.38 bits per heavy atom. The summed E-state index contributed by atoms with van der Waals surface area (Å²) < 4.78 is 7.63. The van der Waals surface area contributed by atoms with E-state index in [1.54, 1.807) is 0 Å². The quantitative estimate of drug-likeness (QED) is 0.873. The van der Waals surface area contributed by atoms with Crippen molar-refractivity contribution in [3.8, 4) is 6.01 Å². The van der Waals surface area contributed by atoms with Gasteiger partial charge in [-0.25, -0.2) is 9.50 Å². The van der Waals surface area contributed by atoms with Crippen molar-refractivity contribution in [2.75, 3.05) is 25.9 Å². The van der Waals surface area contributed by atoms with E-state index in [2.05, 4.69) is 33.9 Å². The molecule has 0 radical (unpaired) electrons. The van der Waals surface area contributed by atoms with Crippen LogP contribution in [0.3, 0.4) is 0 Å². The number of nitrogen functional groups attached to an aromatic ring is 1. The Labute approximate surface area is 143 Å². The van der Waals surface area contributed by atoms with E-state index in [1.165, 1.54) is 12.8 Å². The van der Waals surface area contributed by atoms with Crippen molar-refractivity contribution in [1.29, 1.82) is 0 Å². The average molecular weight is 332 g/mol. The largest absolute Gasteiger partial charge is 0.459 e. The Balaban J connectivity index is 1.80. The van der Waals surface area contributed by atoms with Gasteiger partial charge in [-0.3, -0.25) is 0 Å². The SMILES string of the molecule is CCC[C@H](C)Oc1nc(N)c2ncc(CC3CCN(C)CC3)n2n1. The lowest BCUT2D eigenvalue weighted by Crippen LogP contribution is -2.31. The van der Waals surface area contributed by atoms with E-state index in [-0.39, 0.29) is 6.10 Å². The molecular formula is C17H28N6O. The van der Waals surface area contributed by atoms with Gasteiger partial charge in [0.25, 0.3) is 0 Å². The number of nitrogens with two attached hydrogens (primary N) is 1. The fraction of sp³-hybridized carbons (Fsp3) is 0.706. The lowest BCUT2D eigenvalue weighted by atomic mass is 9.93. The van der Waals surface area contributed by atoms with Crippen LogP contribution in [0, 0.1) is 5.92 Å². The number of nitrogens with zero attached hydrogens (tertiary/aromatic N) is 5. The second-order valence-corrected chi connectivity index (χ2v) is 6.93. The fourth-order valence-corrected chi connectivity index (χ4v) is 3.32.